The first kappa shape index (κ1) is 17.0. The monoisotopic (exact) mass is 286 g/mol. The molecule has 0 spiro atoms. The van der Waals surface area contributed by atoms with Crippen molar-refractivity contribution in [2.75, 3.05) is 20.3 Å². The lowest BCUT2D eigenvalue weighted by Gasteiger charge is -2.32. The molecule has 0 radical (unpaired) electrons. The van der Waals surface area contributed by atoms with Gasteiger partial charge in [-0.3, -0.25) is 9.59 Å². The lowest BCUT2D eigenvalue weighted by molar-refractivity contribution is -0.173. The molecule has 1 aliphatic rings. The Labute approximate surface area is 120 Å². The van der Waals surface area contributed by atoms with Crippen LogP contribution in [0.3, 0.4) is 0 Å². The SMILES string of the molecule is CCCCOCCC(C(=O)O)(C(=O)OC)C1CCCC1. The Morgan fingerprint density at radius 2 is 1.90 bits per heavy atom. The topological polar surface area (TPSA) is 72.8 Å². The van der Waals surface area contributed by atoms with Gasteiger partial charge in [-0.2, -0.15) is 0 Å². The fourth-order valence-electron chi connectivity index (χ4n) is 3.02. The molecule has 1 saturated carbocycles. The van der Waals surface area contributed by atoms with E-state index in [1.54, 1.807) is 0 Å². The lowest BCUT2D eigenvalue weighted by atomic mass is 9.72. The van der Waals surface area contributed by atoms with Gasteiger partial charge in [-0.25, -0.2) is 0 Å². The van der Waals surface area contributed by atoms with Crippen LogP contribution in [0.5, 0.6) is 0 Å². The zero-order chi connectivity index (χ0) is 15.0. The van der Waals surface area contributed by atoms with Gasteiger partial charge in [-0.05, 0) is 31.6 Å². The first-order chi connectivity index (χ1) is 9.59. The van der Waals surface area contributed by atoms with Crippen molar-refractivity contribution in [1.29, 1.82) is 0 Å². The van der Waals surface area contributed by atoms with E-state index in [-0.39, 0.29) is 18.9 Å². The van der Waals surface area contributed by atoms with Crippen LogP contribution in [0, 0.1) is 11.3 Å². The highest BCUT2D eigenvalue weighted by atomic mass is 16.5. The van der Waals surface area contributed by atoms with E-state index in [0.29, 0.717) is 6.61 Å². The van der Waals surface area contributed by atoms with Gasteiger partial charge in [0.25, 0.3) is 0 Å². The van der Waals surface area contributed by atoms with Gasteiger partial charge in [-0.15, -0.1) is 0 Å². The Morgan fingerprint density at radius 3 is 2.40 bits per heavy atom. The molecule has 0 bridgehead atoms. The van der Waals surface area contributed by atoms with Crippen molar-refractivity contribution in [1.82, 2.24) is 0 Å². The summed E-state index contributed by atoms with van der Waals surface area (Å²) in [7, 11) is 1.26. The van der Waals surface area contributed by atoms with Crippen LogP contribution in [-0.2, 0) is 19.1 Å². The standard InChI is InChI=1S/C15H26O5/c1-3-4-10-20-11-9-15(13(16)17,14(18)19-2)12-7-5-6-8-12/h12H,3-11H2,1-2H3,(H,16,17). The van der Waals surface area contributed by atoms with Crippen LogP contribution >= 0.6 is 0 Å². The minimum atomic E-state index is -1.43. The molecule has 5 nitrogen and oxygen atoms in total. The fraction of sp³-hybridized carbons (Fsp3) is 0.867. The molecular weight excluding hydrogens is 260 g/mol. The molecule has 0 aliphatic heterocycles. The summed E-state index contributed by atoms with van der Waals surface area (Å²) in [5.41, 5.74) is -1.43. The fourth-order valence-corrected chi connectivity index (χ4v) is 3.02. The number of carbonyl (C=O) groups is 2. The van der Waals surface area contributed by atoms with Gasteiger partial charge in [0.1, 0.15) is 0 Å². The highest BCUT2D eigenvalue weighted by Gasteiger charge is 2.53. The second kappa shape index (κ2) is 8.25. The van der Waals surface area contributed by atoms with Gasteiger partial charge in [0.2, 0.25) is 0 Å². The minimum Gasteiger partial charge on any atom is -0.480 e. The van der Waals surface area contributed by atoms with Crippen LogP contribution in [0.2, 0.25) is 0 Å². The van der Waals surface area contributed by atoms with E-state index in [9.17, 15) is 14.7 Å². The molecule has 1 rings (SSSR count). The number of rotatable bonds is 9. The number of methoxy groups -OCH3 is 1. The third-order valence-electron chi connectivity index (χ3n) is 4.27. The van der Waals surface area contributed by atoms with Crippen LogP contribution in [0.1, 0.15) is 51.9 Å². The number of carboxylic acids is 1. The average Bonchev–Trinajstić information content (AvgIpc) is 2.96. The number of carboxylic acid groups (broad SMARTS) is 1. The molecule has 0 heterocycles. The summed E-state index contributed by atoms with van der Waals surface area (Å²) in [4.78, 5) is 23.9. The Balaban J connectivity index is 2.75. The van der Waals surface area contributed by atoms with Gasteiger partial charge in [0.05, 0.1) is 7.11 Å². The van der Waals surface area contributed by atoms with Crippen molar-refractivity contribution < 1.29 is 24.2 Å². The first-order valence-corrected chi connectivity index (χ1v) is 7.49. The van der Waals surface area contributed by atoms with E-state index in [0.717, 1.165) is 38.5 Å². The van der Waals surface area contributed by atoms with Crippen molar-refractivity contribution in [3.63, 3.8) is 0 Å². The number of esters is 1. The average molecular weight is 286 g/mol. The third kappa shape index (κ3) is 3.72. The number of carbonyl (C=O) groups excluding carboxylic acids is 1. The molecule has 0 saturated heterocycles. The van der Waals surface area contributed by atoms with Crippen molar-refractivity contribution in [3.8, 4) is 0 Å². The predicted octanol–water partition coefficient (Wildman–Crippen LogP) is 2.63. The maximum Gasteiger partial charge on any atom is 0.323 e. The van der Waals surface area contributed by atoms with Crippen LogP contribution in [0.15, 0.2) is 0 Å². The van der Waals surface area contributed by atoms with E-state index in [1.807, 2.05) is 0 Å². The largest absolute Gasteiger partial charge is 0.480 e. The summed E-state index contributed by atoms with van der Waals surface area (Å²) in [6, 6.07) is 0. The molecule has 0 amide bonds. The molecule has 20 heavy (non-hydrogen) atoms. The van der Waals surface area contributed by atoms with Crippen molar-refractivity contribution in [3.05, 3.63) is 0 Å². The van der Waals surface area contributed by atoms with Gasteiger partial charge < -0.3 is 14.6 Å². The molecule has 1 fully saturated rings. The molecular formula is C15H26O5. The summed E-state index contributed by atoms with van der Waals surface area (Å²) in [5.74, 6) is -1.84. The van der Waals surface area contributed by atoms with Gasteiger partial charge >= 0.3 is 11.9 Å². The molecule has 1 aliphatic carbocycles. The number of aliphatic carboxylic acids is 1. The predicted molar refractivity (Wildman–Crippen MR) is 74.4 cm³/mol. The number of hydrogen-bond acceptors (Lipinski definition) is 4. The van der Waals surface area contributed by atoms with Gasteiger partial charge in [-0.1, -0.05) is 26.2 Å². The maximum atomic E-state index is 12.1. The van der Waals surface area contributed by atoms with Crippen LogP contribution in [-0.4, -0.2) is 37.4 Å². The van der Waals surface area contributed by atoms with Crippen molar-refractivity contribution >= 4 is 11.9 Å². The van der Waals surface area contributed by atoms with Crippen molar-refractivity contribution in [2.45, 2.75) is 51.9 Å². The molecule has 0 aromatic carbocycles. The number of ether oxygens (including phenoxy) is 2. The molecule has 1 unspecified atom stereocenters. The number of hydrogen-bond donors (Lipinski definition) is 1. The second-order valence-corrected chi connectivity index (χ2v) is 5.47. The quantitative estimate of drug-likeness (QED) is 0.401. The molecule has 1 N–H and O–H groups in total. The summed E-state index contributed by atoms with van der Waals surface area (Å²) < 4.78 is 10.3. The zero-order valence-corrected chi connectivity index (χ0v) is 12.5. The molecule has 5 heteroatoms. The summed E-state index contributed by atoms with van der Waals surface area (Å²) in [6.45, 7) is 2.97. The summed E-state index contributed by atoms with van der Waals surface area (Å²) in [6.07, 6.45) is 5.68. The molecule has 116 valence electrons. The molecule has 0 aromatic rings. The van der Waals surface area contributed by atoms with Gasteiger partial charge in [0.15, 0.2) is 5.41 Å². The minimum absolute atomic E-state index is 0.137. The van der Waals surface area contributed by atoms with E-state index in [1.165, 1.54) is 7.11 Å². The third-order valence-corrected chi connectivity index (χ3v) is 4.27. The van der Waals surface area contributed by atoms with Crippen LogP contribution < -0.4 is 0 Å². The van der Waals surface area contributed by atoms with Gasteiger partial charge in [0, 0.05) is 13.2 Å². The number of unbranched alkanes of at least 4 members (excludes halogenated alkanes) is 1. The Hall–Kier alpha value is -1.10. The van der Waals surface area contributed by atoms with Crippen LogP contribution in [0.25, 0.3) is 0 Å². The van der Waals surface area contributed by atoms with E-state index in [4.69, 9.17) is 9.47 Å². The highest BCUT2D eigenvalue weighted by molar-refractivity contribution is 5.99. The van der Waals surface area contributed by atoms with Crippen molar-refractivity contribution in [2.24, 2.45) is 11.3 Å². The molecule has 0 aromatic heterocycles. The normalized spacial score (nSPS) is 18.7. The Morgan fingerprint density at radius 1 is 1.25 bits per heavy atom. The Kier molecular flexibility index (Phi) is 6.99. The summed E-state index contributed by atoms with van der Waals surface area (Å²) in [5, 5.41) is 9.63. The molecule has 1 atom stereocenters. The van der Waals surface area contributed by atoms with Crippen LogP contribution in [0.4, 0.5) is 0 Å². The van der Waals surface area contributed by atoms with E-state index < -0.39 is 17.4 Å². The Bertz CT molecular complexity index is 322. The maximum absolute atomic E-state index is 12.1. The highest BCUT2D eigenvalue weighted by Crippen LogP contribution is 2.43. The first-order valence-electron chi connectivity index (χ1n) is 7.49. The van der Waals surface area contributed by atoms with E-state index in [2.05, 4.69) is 6.92 Å². The second-order valence-electron chi connectivity index (χ2n) is 5.47. The lowest BCUT2D eigenvalue weighted by Crippen LogP contribution is -2.46. The van der Waals surface area contributed by atoms with E-state index >= 15 is 0 Å². The summed E-state index contributed by atoms with van der Waals surface area (Å²) >= 11 is 0. The zero-order valence-electron chi connectivity index (χ0n) is 12.5. The smallest absolute Gasteiger partial charge is 0.323 e.